The molecule has 0 radical (unpaired) electrons. The van der Waals surface area contributed by atoms with E-state index in [1.807, 2.05) is 13.8 Å². The van der Waals surface area contributed by atoms with E-state index < -0.39 is 0 Å². The molecule has 0 saturated heterocycles. The third kappa shape index (κ3) is 2.64. The smallest absolute Gasteiger partial charge is 0.270 e. The molecule has 0 aromatic rings. The minimum atomic E-state index is -0.252. The summed E-state index contributed by atoms with van der Waals surface area (Å²) in [7, 11) is 1.39. The van der Waals surface area contributed by atoms with Gasteiger partial charge in [0, 0.05) is 5.57 Å². The highest BCUT2D eigenvalue weighted by Gasteiger charge is 2.08. The van der Waals surface area contributed by atoms with Crippen molar-refractivity contribution in [2.24, 2.45) is 5.92 Å². The molecular formula is C7H13NO2. The second-order valence-corrected chi connectivity index (χ2v) is 2.32. The zero-order valence-corrected chi connectivity index (χ0v) is 6.60. The van der Waals surface area contributed by atoms with Gasteiger partial charge < -0.3 is 0 Å². The number of carbonyl (C=O) groups excluding carboxylic acids is 1. The van der Waals surface area contributed by atoms with Crippen molar-refractivity contribution in [2.45, 2.75) is 13.8 Å². The quantitative estimate of drug-likeness (QED) is 0.470. The van der Waals surface area contributed by atoms with E-state index in [-0.39, 0.29) is 11.8 Å². The Morgan fingerprint density at radius 2 is 2.10 bits per heavy atom. The van der Waals surface area contributed by atoms with Crippen LogP contribution in [0.3, 0.4) is 0 Å². The number of hydrogen-bond donors (Lipinski definition) is 1. The van der Waals surface area contributed by atoms with Gasteiger partial charge in [0.05, 0.1) is 7.11 Å². The first-order chi connectivity index (χ1) is 4.59. The summed E-state index contributed by atoms with van der Waals surface area (Å²) in [6.07, 6.45) is 0. The fourth-order valence-corrected chi connectivity index (χ4v) is 0.420. The van der Waals surface area contributed by atoms with Crippen LogP contribution < -0.4 is 5.48 Å². The van der Waals surface area contributed by atoms with E-state index in [0.717, 1.165) is 0 Å². The average molecular weight is 143 g/mol. The highest BCUT2D eigenvalue weighted by atomic mass is 16.6. The van der Waals surface area contributed by atoms with Crippen LogP contribution in [0, 0.1) is 5.92 Å². The van der Waals surface area contributed by atoms with Crippen molar-refractivity contribution in [3.8, 4) is 0 Å². The Morgan fingerprint density at radius 3 is 2.40 bits per heavy atom. The van der Waals surface area contributed by atoms with Crippen molar-refractivity contribution in [2.75, 3.05) is 7.11 Å². The number of nitrogens with one attached hydrogen (secondary N) is 1. The molecule has 1 N–H and O–H groups in total. The molecule has 0 fully saturated rings. The zero-order valence-electron chi connectivity index (χ0n) is 6.60. The summed E-state index contributed by atoms with van der Waals surface area (Å²) in [5, 5.41) is 0. The second-order valence-electron chi connectivity index (χ2n) is 2.32. The molecule has 0 aromatic heterocycles. The van der Waals surface area contributed by atoms with Crippen molar-refractivity contribution in [1.82, 2.24) is 5.48 Å². The fourth-order valence-electron chi connectivity index (χ4n) is 0.420. The predicted molar refractivity (Wildman–Crippen MR) is 39.1 cm³/mol. The lowest BCUT2D eigenvalue weighted by atomic mass is 10.1. The van der Waals surface area contributed by atoms with Crippen molar-refractivity contribution < 1.29 is 9.63 Å². The van der Waals surface area contributed by atoms with Gasteiger partial charge in [-0.15, -0.1) is 0 Å². The molecule has 0 saturated carbocycles. The van der Waals surface area contributed by atoms with Gasteiger partial charge in [-0.05, 0) is 5.92 Å². The lowest BCUT2D eigenvalue weighted by Crippen LogP contribution is -2.25. The van der Waals surface area contributed by atoms with Gasteiger partial charge in [-0.25, -0.2) is 5.48 Å². The Labute approximate surface area is 61.0 Å². The normalized spacial score (nSPS) is 9.60. The SMILES string of the molecule is C=C(C(=O)NOC)C(C)C. The molecule has 0 unspecified atom stereocenters. The number of rotatable bonds is 3. The first-order valence-electron chi connectivity index (χ1n) is 3.11. The van der Waals surface area contributed by atoms with Crippen LogP contribution >= 0.6 is 0 Å². The molecule has 0 bridgehead atoms. The maximum atomic E-state index is 10.8. The maximum absolute atomic E-state index is 10.8. The lowest BCUT2D eigenvalue weighted by molar-refractivity contribution is -0.127. The van der Waals surface area contributed by atoms with Gasteiger partial charge in [0.15, 0.2) is 0 Å². The molecule has 0 aromatic carbocycles. The van der Waals surface area contributed by atoms with Crippen molar-refractivity contribution in [3.05, 3.63) is 12.2 Å². The van der Waals surface area contributed by atoms with Crippen LogP contribution in [0.25, 0.3) is 0 Å². The van der Waals surface area contributed by atoms with E-state index in [2.05, 4.69) is 16.9 Å². The second kappa shape index (κ2) is 4.06. The Kier molecular flexibility index (Phi) is 3.72. The minimum Gasteiger partial charge on any atom is -0.277 e. The van der Waals surface area contributed by atoms with Crippen LogP contribution in [0.1, 0.15) is 13.8 Å². The lowest BCUT2D eigenvalue weighted by Gasteiger charge is -2.07. The topological polar surface area (TPSA) is 38.3 Å². The molecule has 3 nitrogen and oxygen atoms in total. The molecule has 10 heavy (non-hydrogen) atoms. The number of hydrogen-bond acceptors (Lipinski definition) is 2. The van der Waals surface area contributed by atoms with Crippen molar-refractivity contribution in [1.29, 1.82) is 0 Å². The van der Waals surface area contributed by atoms with Crippen molar-refractivity contribution in [3.63, 3.8) is 0 Å². The number of amides is 1. The van der Waals surface area contributed by atoms with Gasteiger partial charge in [0.2, 0.25) is 0 Å². The molecule has 0 aliphatic carbocycles. The summed E-state index contributed by atoms with van der Waals surface area (Å²) >= 11 is 0. The van der Waals surface area contributed by atoms with E-state index in [1.54, 1.807) is 0 Å². The average Bonchev–Trinajstić information content (AvgIpc) is 1.87. The molecule has 58 valence electrons. The highest BCUT2D eigenvalue weighted by Crippen LogP contribution is 2.05. The third-order valence-corrected chi connectivity index (χ3v) is 1.18. The van der Waals surface area contributed by atoms with E-state index in [9.17, 15) is 4.79 Å². The largest absolute Gasteiger partial charge is 0.277 e. The summed E-state index contributed by atoms with van der Waals surface area (Å²) in [5.74, 6) is -0.0901. The minimum absolute atomic E-state index is 0.162. The molecule has 3 heteroatoms. The Bertz CT molecular complexity index is 141. The van der Waals surface area contributed by atoms with Gasteiger partial charge in [-0.3, -0.25) is 9.63 Å². The highest BCUT2D eigenvalue weighted by molar-refractivity contribution is 5.92. The molecule has 0 aliphatic rings. The maximum Gasteiger partial charge on any atom is 0.270 e. The number of hydroxylamine groups is 1. The van der Waals surface area contributed by atoms with Crippen LogP contribution in [-0.4, -0.2) is 13.0 Å². The first kappa shape index (κ1) is 9.17. The number of carbonyl (C=O) groups is 1. The van der Waals surface area contributed by atoms with Gasteiger partial charge in [0.1, 0.15) is 0 Å². The summed E-state index contributed by atoms with van der Waals surface area (Å²) in [6, 6.07) is 0. The van der Waals surface area contributed by atoms with E-state index in [0.29, 0.717) is 5.57 Å². The predicted octanol–water partition coefficient (Wildman–Crippen LogP) is 0.876. The van der Waals surface area contributed by atoms with Gasteiger partial charge in [0.25, 0.3) is 5.91 Å². The van der Waals surface area contributed by atoms with E-state index in [1.165, 1.54) is 7.11 Å². The van der Waals surface area contributed by atoms with Gasteiger partial charge >= 0.3 is 0 Å². The summed E-state index contributed by atoms with van der Waals surface area (Å²) < 4.78 is 0. The van der Waals surface area contributed by atoms with Crippen LogP contribution in [-0.2, 0) is 9.63 Å². The Morgan fingerprint density at radius 1 is 1.60 bits per heavy atom. The molecule has 1 amide bonds. The third-order valence-electron chi connectivity index (χ3n) is 1.18. The van der Waals surface area contributed by atoms with E-state index >= 15 is 0 Å². The van der Waals surface area contributed by atoms with Gasteiger partial charge in [-0.2, -0.15) is 0 Å². The molecule has 0 heterocycles. The molecule has 0 rings (SSSR count). The molecule has 0 spiro atoms. The Balaban J connectivity index is 3.83. The molecular weight excluding hydrogens is 130 g/mol. The van der Waals surface area contributed by atoms with Gasteiger partial charge in [-0.1, -0.05) is 20.4 Å². The fraction of sp³-hybridized carbons (Fsp3) is 0.571. The molecule has 0 aliphatic heterocycles. The standard InChI is InChI=1S/C7H13NO2/c1-5(2)6(3)7(9)8-10-4/h5H,3H2,1-2,4H3,(H,8,9). The molecule has 0 atom stereocenters. The van der Waals surface area contributed by atoms with Crippen molar-refractivity contribution >= 4 is 5.91 Å². The monoisotopic (exact) mass is 143 g/mol. The van der Waals surface area contributed by atoms with Crippen LogP contribution in [0.15, 0.2) is 12.2 Å². The zero-order chi connectivity index (χ0) is 8.15. The van der Waals surface area contributed by atoms with Crippen LogP contribution in [0.5, 0.6) is 0 Å². The summed E-state index contributed by atoms with van der Waals surface area (Å²) in [4.78, 5) is 15.3. The van der Waals surface area contributed by atoms with E-state index in [4.69, 9.17) is 0 Å². The first-order valence-corrected chi connectivity index (χ1v) is 3.11. The van der Waals surface area contributed by atoms with Crippen LogP contribution in [0.4, 0.5) is 0 Å². The van der Waals surface area contributed by atoms with Crippen LogP contribution in [0.2, 0.25) is 0 Å². The summed E-state index contributed by atoms with van der Waals surface area (Å²) in [5.41, 5.74) is 2.72. The summed E-state index contributed by atoms with van der Waals surface area (Å²) in [6.45, 7) is 7.38. The Hall–Kier alpha value is -0.830.